The molecule has 1 aliphatic rings. The van der Waals surface area contributed by atoms with Gasteiger partial charge in [-0.15, -0.1) is 12.4 Å². The Labute approximate surface area is 118 Å². The molecule has 0 aliphatic carbocycles. The third-order valence-electron chi connectivity index (χ3n) is 3.39. The fourth-order valence-electron chi connectivity index (χ4n) is 2.34. The maximum absolute atomic E-state index is 4.49. The zero-order valence-electron chi connectivity index (χ0n) is 10.2. The van der Waals surface area contributed by atoms with Crippen LogP contribution in [0, 0.1) is 5.92 Å². The Morgan fingerprint density at radius 1 is 1.28 bits per heavy atom. The molecule has 1 saturated heterocycles. The maximum atomic E-state index is 4.49. The Balaban J connectivity index is 0.00000120. The van der Waals surface area contributed by atoms with E-state index >= 15 is 0 Å². The van der Waals surface area contributed by atoms with E-state index in [2.05, 4.69) is 39.3 Å². The molecule has 2 N–H and O–H groups in total. The number of nitrogens with zero attached hydrogens (tertiary/aromatic N) is 1. The molecule has 1 aliphatic heterocycles. The van der Waals surface area contributed by atoms with Gasteiger partial charge in [0.1, 0.15) is 5.82 Å². The largest absolute Gasteiger partial charge is 0.368 e. The van der Waals surface area contributed by atoms with Gasteiger partial charge in [0.05, 0.1) is 4.70 Å². The van der Waals surface area contributed by atoms with Gasteiger partial charge in [0.25, 0.3) is 0 Å². The van der Waals surface area contributed by atoms with Crippen LogP contribution in [0.3, 0.4) is 0 Å². The molecule has 98 valence electrons. The molecule has 0 atom stereocenters. The van der Waals surface area contributed by atoms with E-state index in [0.717, 1.165) is 31.4 Å². The summed E-state index contributed by atoms with van der Waals surface area (Å²) in [6.07, 6.45) is 2.55. The first-order valence-electron chi connectivity index (χ1n) is 6.22. The molecule has 1 fully saturated rings. The number of nitrogens with one attached hydrogen (secondary N) is 2. The molecule has 5 heteroatoms. The van der Waals surface area contributed by atoms with E-state index in [0.29, 0.717) is 0 Å². The molecule has 0 bridgehead atoms. The van der Waals surface area contributed by atoms with Gasteiger partial charge in [-0.3, -0.25) is 0 Å². The minimum absolute atomic E-state index is 0. The van der Waals surface area contributed by atoms with Crippen LogP contribution in [0.25, 0.3) is 10.1 Å². The van der Waals surface area contributed by atoms with Gasteiger partial charge in [-0.05, 0) is 55.5 Å². The van der Waals surface area contributed by atoms with Gasteiger partial charge in [-0.2, -0.15) is 4.37 Å². The number of piperidine rings is 1. The lowest BCUT2D eigenvalue weighted by molar-refractivity contribution is 0.390. The normalized spacial score (nSPS) is 16.4. The highest BCUT2D eigenvalue weighted by molar-refractivity contribution is 7.13. The van der Waals surface area contributed by atoms with E-state index in [-0.39, 0.29) is 12.4 Å². The van der Waals surface area contributed by atoms with E-state index in [1.807, 2.05) is 0 Å². The van der Waals surface area contributed by atoms with Crippen molar-refractivity contribution in [3.8, 4) is 0 Å². The van der Waals surface area contributed by atoms with E-state index in [4.69, 9.17) is 0 Å². The molecule has 1 aromatic carbocycles. The summed E-state index contributed by atoms with van der Waals surface area (Å²) in [5.74, 6) is 1.85. The van der Waals surface area contributed by atoms with Crippen molar-refractivity contribution in [1.82, 2.24) is 9.69 Å². The van der Waals surface area contributed by atoms with Gasteiger partial charge in [-0.25, -0.2) is 0 Å². The van der Waals surface area contributed by atoms with Crippen LogP contribution < -0.4 is 10.6 Å². The zero-order chi connectivity index (χ0) is 11.5. The molecule has 3 rings (SSSR count). The molecule has 0 spiro atoms. The zero-order valence-corrected chi connectivity index (χ0v) is 11.8. The molecule has 0 radical (unpaired) electrons. The molecule has 2 heterocycles. The Morgan fingerprint density at radius 2 is 2.06 bits per heavy atom. The van der Waals surface area contributed by atoms with Crippen molar-refractivity contribution in [2.24, 2.45) is 5.92 Å². The summed E-state index contributed by atoms with van der Waals surface area (Å²) in [6, 6.07) is 8.41. The highest BCUT2D eigenvalue weighted by atomic mass is 35.5. The smallest absolute Gasteiger partial charge is 0.147 e. The van der Waals surface area contributed by atoms with Crippen LogP contribution in [0.5, 0.6) is 0 Å². The molecule has 1 aromatic heterocycles. The third kappa shape index (κ3) is 2.94. The highest BCUT2D eigenvalue weighted by Crippen LogP contribution is 2.26. The summed E-state index contributed by atoms with van der Waals surface area (Å²) in [5.41, 5.74) is 0. The molecule has 3 nitrogen and oxygen atoms in total. The first-order valence-corrected chi connectivity index (χ1v) is 7.00. The fraction of sp³-hybridized carbons (Fsp3) is 0.462. The summed E-state index contributed by atoms with van der Waals surface area (Å²) >= 11 is 1.58. The Bertz CT molecular complexity index is 494. The van der Waals surface area contributed by atoms with Gasteiger partial charge < -0.3 is 10.6 Å². The topological polar surface area (TPSA) is 37.0 Å². The average molecular weight is 284 g/mol. The lowest BCUT2D eigenvalue weighted by atomic mass is 9.98. The number of hydrogen-bond acceptors (Lipinski definition) is 4. The lowest BCUT2D eigenvalue weighted by Crippen LogP contribution is -2.31. The Morgan fingerprint density at radius 3 is 2.89 bits per heavy atom. The Kier molecular flexibility index (Phi) is 4.80. The monoisotopic (exact) mass is 283 g/mol. The van der Waals surface area contributed by atoms with Crippen LogP contribution in [-0.4, -0.2) is 24.0 Å². The molecule has 0 amide bonds. The maximum Gasteiger partial charge on any atom is 0.147 e. The van der Waals surface area contributed by atoms with Crippen LogP contribution >= 0.6 is 23.9 Å². The van der Waals surface area contributed by atoms with Crippen molar-refractivity contribution in [2.75, 3.05) is 25.0 Å². The first-order chi connectivity index (χ1) is 8.43. The minimum Gasteiger partial charge on any atom is -0.368 e. The number of anilines is 1. The third-order valence-corrected chi connectivity index (χ3v) is 4.22. The number of fused-ring (bicyclic) bond motifs is 1. The van der Waals surface area contributed by atoms with Crippen LogP contribution in [0.4, 0.5) is 5.82 Å². The predicted molar refractivity (Wildman–Crippen MR) is 81.0 cm³/mol. The molecule has 18 heavy (non-hydrogen) atoms. The van der Waals surface area contributed by atoms with Crippen molar-refractivity contribution >= 4 is 39.8 Å². The van der Waals surface area contributed by atoms with Crippen LogP contribution in [0.15, 0.2) is 24.3 Å². The van der Waals surface area contributed by atoms with Gasteiger partial charge >= 0.3 is 0 Å². The van der Waals surface area contributed by atoms with E-state index < -0.39 is 0 Å². The van der Waals surface area contributed by atoms with Gasteiger partial charge in [-0.1, -0.05) is 12.1 Å². The van der Waals surface area contributed by atoms with Crippen molar-refractivity contribution in [3.05, 3.63) is 24.3 Å². The highest BCUT2D eigenvalue weighted by Gasteiger charge is 2.13. The van der Waals surface area contributed by atoms with Crippen LogP contribution in [0.2, 0.25) is 0 Å². The molecular weight excluding hydrogens is 266 g/mol. The molecule has 0 saturated carbocycles. The molecular formula is C13H18ClN3S. The second-order valence-electron chi connectivity index (χ2n) is 4.60. The van der Waals surface area contributed by atoms with E-state index in [9.17, 15) is 0 Å². The number of hydrogen-bond donors (Lipinski definition) is 2. The van der Waals surface area contributed by atoms with E-state index in [1.54, 1.807) is 11.5 Å². The average Bonchev–Trinajstić information content (AvgIpc) is 2.81. The van der Waals surface area contributed by atoms with E-state index in [1.165, 1.54) is 22.9 Å². The summed E-state index contributed by atoms with van der Waals surface area (Å²) in [4.78, 5) is 0. The lowest BCUT2D eigenvalue weighted by Gasteiger charge is -2.22. The summed E-state index contributed by atoms with van der Waals surface area (Å²) in [7, 11) is 0. The van der Waals surface area contributed by atoms with Gasteiger partial charge in [0.15, 0.2) is 0 Å². The molecule has 0 unspecified atom stereocenters. The van der Waals surface area contributed by atoms with Crippen molar-refractivity contribution in [3.63, 3.8) is 0 Å². The van der Waals surface area contributed by atoms with Crippen molar-refractivity contribution in [2.45, 2.75) is 12.8 Å². The minimum atomic E-state index is 0. The number of aromatic nitrogens is 1. The van der Waals surface area contributed by atoms with Gasteiger partial charge in [0, 0.05) is 11.9 Å². The van der Waals surface area contributed by atoms with Crippen molar-refractivity contribution in [1.29, 1.82) is 0 Å². The van der Waals surface area contributed by atoms with Crippen molar-refractivity contribution < 1.29 is 0 Å². The van der Waals surface area contributed by atoms with Crippen LogP contribution in [-0.2, 0) is 0 Å². The standard InChI is InChI=1S/C13H17N3S.ClH/c1-2-4-12-11(3-1)13(16-17-12)15-9-10-5-7-14-8-6-10;/h1-4,10,14H,5-9H2,(H,15,16);1H. The summed E-state index contributed by atoms with van der Waals surface area (Å²) in [6.45, 7) is 3.36. The second kappa shape index (κ2) is 6.36. The summed E-state index contributed by atoms with van der Waals surface area (Å²) < 4.78 is 5.76. The second-order valence-corrected chi connectivity index (χ2v) is 5.41. The summed E-state index contributed by atoms with van der Waals surface area (Å²) in [5, 5.41) is 8.16. The number of benzene rings is 1. The SMILES string of the molecule is Cl.c1ccc2c(NCC3CCNCC3)nsc2c1. The Hall–Kier alpha value is -0.840. The van der Waals surface area contributed by atoms with Crippen LogP contribution in [0.1, 0.15) is 12.8 Å². The van der Waals surface area contributed by atoms with Gasteiger partial charge in [0.2, 0.25) is 0 Å². The fourth-order valence-corrected chi connectivity index (χ4v) is 3.10. The first kappa shape index (κ1) is 13.6. The number of rotatable bonds is 3. The number of halogens is 1. The quantitative estimate of drug-likeness (QED) is 0.909. The molecule has 2 aromatic rings. The predicted octanol–water partition coefficient (Wildman–Crippen LogP) is 3.13.